The molecule has 0 unspecified atom stereocenters. The van der Waals surface area contributed by atoms with Crippen molar-refractivity contribution in [1.82, 2.24) is 10.1 Å². The largest absolute Gasteiger partial charge is 0.334 e. The van der Waals surface area contributed by atoms with Gasteiger partial charge in [-0.3, -0.25) is 0 Å². The van der Waals surface area contributed by atoms with Crippen LogP contribution in [0.4, 0.5) is 0 Å². The zero-order valence-corrected chi connectivity index (χ0v) is 11.2. The number of nitrogens with zero attached hydrogens (tertiary/aromatic N) is 2. The van der Waals surface area contributed by atoms with Gasteiger partial charge in [-0.15, -0.1) is 0 Å². The minimum Gasteiger partial charge on any atom is -0.334 e. The van der Waals surface area contributed by atoms with Crippen molar-refractivity contribution in [3.8, 4) is 11.5 Å². The van der Waals surface area contributed by atoms with Crippen molar-refractivity contribution in [3.63, 3.8) is 0 Å². The molecule has 0 bridgehead atoms. The van der Waals surface area contributed by atoms with E-state index < -0.39 is 0 Å². The lowest BCUT2D eigenvalue weighted by Crippen LogP contribution is -2.34. The van der Waals surface area contributed by atoms with E-state index in [1.165, 1.54) is 5.56 Å². The topological polar surface area (TPSA) is 64.9 Å². The van der Waals surface area contributed by atoms with Gasteiger partial charge in [-0.2, -0.15) is 4.98 Å². The minimum absolute atomic E-state index is 0.384. The normalized spacial score (nSPS) is 17.8. The van der Waals surface area contributed by atoms with Crippen molar-refractivity contribution in [2.75, 3.05) is 0 Å². The molecule has 1 aliphatic rings. The molecule has 1 aromatic heterocycles. The van der Waals surface area contributed by atoms with Crippen LogP contribution in [0.15, 0.2) is 28.8 Å². The fourth-order valence-electron chi connectivity index (χ4n) is 2.66. The number of benzene rings is 1. The Bertz CT molecular complexity index is 553. The summed E-state index contributed by atoms with van der Waals surface area (Å²) >= 11 is 0. The number of rotatable bonds is 3. The van der Waals surface area contributed by atoms with E-state index in [-0.39, 0.29) is 5.54 Å². The van der Waals surface area contributed by atoms with E-state index in [1.54, 1.807) is 0 Å². The van der Waals surface area contributed by atoms with Crippen LogP contribution in [0.2, 0.25) is 0 Å². The highest BCUT2D eigenvalue weighted by Gasteiger charge is 2.36. The van der Waals surface area contributed by atoms with Crippen molar-refractivity contribution in [3.05, 3.63) is 35.7 Å². The monoisotopic (exact) mass is 257 g/mol. The van der Waals surface area contributed by atoms with Gasteiger partial charge >= 0.3 is 0 Å². The summed E-state index contributed by atoms with van der Waals surface area (Å²) in [6, 6.07) is 8.22. The van der Waals surface area contributed by atoms with Gasteiger partial charge in [0.2, 0.25) is 0 Å². The summed E-state index contributed by atoms with van der Waals surface area (Å²) in [5, 5.41) is 4.08. The Morgan fingerprint density at radius 3 is 2.53 bits per heavy atom. The molecular weight excluding hydrogens is 238 g/mol. The third-order valence-electron chi connectivity index (χ3n) is 3.98. The first kappa shape index (κ1) is 12.4. The van der Waals surface area contributed by atoms with Gasteiger partial charge in [-0.05, 0) is 37.0 Å². The van der Waals surface area contributed by atoms with Gasteiger partial charge in [0.25, 0.3) is 5.89 Å². The summed E-state index contributed by atoms with van der Waals surface area (Å²) in [6.45, 7) is 2.14. The molecule has 3 rings (SSSR count). The van der Waals surface area contributed by atoms with Gasteiger partial charge in [-0.1, -0.05) is 37.1 Å². The summed E-state index contributed by atoms with van der Waals surface area (Å²) < 4.78 is 5.36. The maximum Gasteiger partial charge on any atom is 0.257 e. The standard InChI is InChI=1S/C15H19N3O/c1-2-11-5-7-12(8-6-11)13-17-14(18-19-13)15(16)9-3-4-10-15/h5-8H,2-4,9-10,16H2,1H3. The van der Waals surface area contributed by atoms with Crippen LogP contribution in [0, 0.1) is 0 Å². The highest BCUT2D eigenvalue weighted by Crippen LogP contribution is 2.35. The van der Waals surface area contributed by atoms with E-state index in [0.29, 0.717) is 11.7 Å². The predicted molar refractivity (Wildman–Crippen MR) is 73.4 cm³/mol. The molecule has 0 spiro atoms. The molecule has 1 aliphatic carbocycles. The van der Waals surface area contributed by atoms with E-state index in [0.717, 1.165) is 37.7 Å². The van der Waals surface area contributed by atoms with Gasteiger partial charge < -0.3 is 10.3 Å². The van der Waals surface area contributed by atoms with Crippen molar-refractivity contribution in [2.45, 2.75) is 44.6 Å². The summed E-state index contributed by atoms with van der Waals surface area (Å²) in [6.07, 6.45) is 5.21. The van der Waals surface area contributed by atoms with Gasteiger partial charge in [0.15, 0.2) is 5.82 Å². The lowest BCUT2D eigenvalue weighted by Gasteiger charge is -2.17. The lowest BCUT2D eigenvalue weighted by molar-refractivity contribution is 0.372. The van der Waals surface area contributed by atoms with Crippen LogP contribution < -0.4 is 5.73 Å². The second kappa shape index (κ2) is 4.78. The van der Waals surface area contributed by atoms with Crippen LogP contribution in [0.1, 0.15) is 44.0 Å². The molecule has 2 N–H and O–H groups in total. The van der Waals surface area contributed by atoms with Gasteiger partial charge in [0.1, 0.15) is 0 Å². The highest BCUT2D eigenvalue weighted by atomic mass is 16.5. The van der Waals surface area contributed by atoms with E-state index in [4.69, 9.17) is 10.3 Å². The first-order valence-electron chi connectivity index (χ1n) is 6.94. The van der Waals surface area contributed by atoms with E-state index >= 15 is 0 Å². The van der Waals surface area contributed by atoms with Crippen LogP contribution in [0.25, 0.3) is 11.5 Å². The van der Waals surface area contributed by atoms with Crippen molar-refractivity contribution in [2.24, 2.45) is 5.73 Å². The Hall–Kier alpha value is -1.68. The molecule has 4 nitrogen and oxygen atoms in total. The molecule has 0 atom stereocenters. The average Bonchev–Trinajstić information content (AvgIpc) is 3.08. The molecule has 100 valence electrons. The molecule has 0 radical (unpaired) electrons. The Morgan fingerprint density at radius 2 is 1.89 bits per heavy atom. The smallest absolute Gasteiger partial charge is 0.257 e. The molecule has 1 fully saturated rings. The maximum atomic E-state index is 6.33. The molecule has 2 aromatic rings. The summed E-state index contributed by atoms with van der Waals surface area (Å²) in [4.78, 5) is 4.49. The Morgan fingerprint density at radius 1 is 1.21 bits per heavy atom. The van der Waals surface area contributed by atoms with Crippen LogP contribution in [-0.4, -0.2) is 10.1 Å². The number of hydrogen-bond donors (Lipinski definition) is 1. The Labute approximate surface area is 113 Å². The zero-order chi connectivity index (χ0) is 13.3. The van der Waals surface area contributed by atoms with Crippen molar-refractivity contribution >= 4 is 0 Å². The number of aryl methyl sites for hydroxylation is 1. The average molecular weight is 257 g/mol. The first-order valence-corrected chi connectivity index (χ1v) is 6.94. The Kier molecular flexibility index (Phi) is 3.11. The second-order valence-electron chi connectivity index (χ2n) is 5.34. The molecule has 19 heavy (non-hydrogen) atoms. The highest BCUT2D eigenvalue weighted by molar-refractivity contribution is 5.53. The van der Waals surface area contributed by atoms with Crippen molar-refractivity contribution < 1.29 is 4.52 Å². The molecular formula is C15H19N3O. The lowest BCUT2D eigenvalue weighted by atomic mass is 9.98. The molecule has 0 saturated heterocycles. The SMILES string of the molecule is CCc1ccc(-c2nc(C3(N)CCCC3)no2)cc1. The van der Waals surface area contributed by atoms with Gasteiger partial charge in [-0.25, -0.2) is 0 Å². The van der Waals surface area contributed by atoms with Gasteiger partial charge in [0, 0.05) is 5.56 Å². The zero-order valence-electron chi connectivity index (χ0n) is 11.2. The quantitative estimate of drug-likeness (QED) is 0.917. The predicted octanol–water partition coefficient (Wildman–Crippen LogP) is 3.03. The van der Waals surface area contributed by atoms with Crippen molar-refractivity contribution in [1.29, 1.82) is 0 Å². The van der Waals surface area contributed by atoms with Crippen LogP contribution in [0.3, 0.4) is 0 Å². The number of hydrogen-bond acceptors (Lipinski definition) is 4. The van der Waals surface area contributed by atoms with E-state index in [9.17, 15) is 0 Å². The molecule has 4 heteroatoms. The number of aromatic nitrogens is 2. The Balaban J connectivity index is 1.87. The summed E-state index contributed by atoms with van der Waals surface area (Å²) in [5.74, 6) is 1.22. The molecule has 1 saturated carbocycles. The second-order valence-corrected chi connectivity index (χ2v) is 5.34. The minimum atomic E-state index is -0.384. The van der Waals surface area contributed by atoms with Crippen LogP contribution in [-0.2, 0) is 12.0 Å². The fourth-order valence-corrected chi connectivity index (χ4v) is 2.66. The molecule has 1 aromatic carbocycles. The summed E-state index contributed by atoms with van der Waals surface area (Å²) in [5.41, 5.74) is 8.21. The van der Waals surface area contributed by atoms with E-state index in [2.05, 4.69) is 29.2 Å². The third-order valence-corrected chi connectivity index (χ3v) is 3.98. The third kappa shape index (κ3) is 2.28. The molecule has 0 aliphatic heterocycles. The van der Waals surface area contributed by atoms with E-state index in [1.807, 2.05) is 12.1 Å². The summed E-state index contributed by atoms with van der Waals surface area (Å²) in [7, 11) is 0. The molecule has 0 amide bonds. The van der Waals surface area contributed by atoms with Gasteiger partial charge in [0.05, 0.1) is 5.54 Å². The van der Waals surface area contributed by atoms with Crippen LogP contribution in [0.5, 0.6) is 0 Å². The fraction of sp³-hybridized carbons (Fsp3) is 0.467. The van der Waals surface area contributed by atoms with Crippen LogP contribution >= 0.6 is 0 Å². The molecule has 1 heterocycles. The maximum absolute atomic E-state index is 6.33. The first-order chi connectivity index (χ1) is 9.21. The number of nitrogens with two attached hydrogens (primary N) is 1.